The SMILES string of the molecule is CC.CNC(=O)c1ccc(N2C(=S)N(c3cnc(C#N)c(C(F)(F)F)c3)C(=O)C23CCC3)cc1F. The summed E-state index contributed by atoms with van der Waals surface area (Å²) in [5.74, 6) is -2.04. The molecule has 0 radical (unpaired) electrons. The number of carbonyl (C=O) groups excluding carboxylic acids is 2. The maximum Gasteiger partial charge on any atom is 0.419 e. The van der Waals surface area contributed by atoms with E-state index in [1.807, 2.05) is 13.8 Å². The van der Waals surface area contributed by atoms with Crippen molar-refractivity contribution in [1.29, 1.82) is 5.26 Å². The highest BCUT2D eigenvalue weighted by Crippen LogP contribution is 2.48. The van der Waals surface area contributed by atoms with Crippen LogP contribution in [0.15, 0.2) is 30.5 Å². The number of nitriles is 1. The lowest BCUT2D eigenvalue weighted by molar-refractivity contribution is -0.138. The Morgan fingerprint density at radius 2 is 1.89 bits per heavy atom. The van der Waals surface area contributed by atoms with Crippen LogP contribution < -0.4 is 15.1 Å². The van der Waals surface area contributed by atoms with Gasteiger partial charge in [0.25, 0.3) is 11.8 Å². The molecule has 0 bridgehead atoms. The maximum absolute atomic E-state index is 14.6. The van der Waals surface area contributed by atoms with Crippen LogP contribution in [0.3, 0.4) is 0 Å². The van der Waals surface area contributed by atoms with Crippen LogP contribution in [-0.2, 0) is 11.0 Å². The number of rotatable bonds is 3. The molecule has 1 saturated carbocycles. The number of hydrogen-bond donors (Lipinski definition) is 1. The molecule has 2 aromatic rings. The number of alkyl halides is 3. The van der Waals surface area contributed by atoms with Crippen molar-refractivity contribution in [2.45, 2.75) is 44.8 Å². The second kappa shape index (κ2) is 9.58. The summed E-state index contributed by atoms with van der Waals surface area (Å²) in [6.07, 6.45) is -2.51. The van der Waals surface area contributed by atoms with Crippen molar-refractivity contribution < 1.29 is 27.2 Å². The molecule has 2 aliphatic rings. The van der Waals surface area contributed by atoms with E-state index in [4.69, 9.17) is 17.5 Å². The van der Waals surface area contributed by atoms with Crippen LogP contribution in [0, 0.1) is 17.1 Å². The van der Waals surface area contributed by atoms with Crippen LogP contribution in [0.25, 0.3) is 0 Å². The fraction of sp³-hybridized carbons (Fsp3) is 0.348. The number of hydrogen-bond acceptors (Lipinski definition) is 5. The summed E-state index contributed by atoms with van der Waals surface area (Å²) >= 11 is 5.46. The third-order valence-electron chi connectivity index (χ3n) is 5.82. The Morgan fingerprint density at radius 1 is 1.23 bits per heavy atom. The molecule has 12 heteroatoms. The molecule has 2 heterocycles. The monoisotopic (exact) mass is 507 g/mol. The number of carbonyl (C=O) groups is 2. The average molecular weight is 508 g/mol. The molecule has 1 N–H and O–H groups in total. The van der Waals surface area contributed by atoms with Gasteiger partial charge in [-0.3, -0.25) is 14.5 Å². The minimum atomic E-state index is -4.87. The molecular formula is C23H21F4N5O2S. The fourth-order valence-corrected chi connectivity index (χ4v) is 4.52. The summed E-state index contributed by atoms with van der Waals surface area (Å²) in [4.78, 5) is 31.1. The molecule has 1 aliphatic carbocycles. The summed E-state index contributed by atoms with van der Waals surface area (Å²) in [6, 6.07) is 5.78. The Hall–Kier alpha value is -3.59. The average Bonchev–Trinajstić information content (AvgIpc) is 3.05. The van der Waals surface area contributed by atoms with E-state index in [2.05, 4.69) is 10.3 Å². The molecule has 7 nitrogen and oxygen atoms in total. The standard InChI is InChI=1S/C21H15F4N5O2S.C2H6/c1-27-17(31)13-4-3-11(8-15(13)22)30-19(33)29(18(32)20(30)5-2-6-20)12-7-14(21(23,24)25)16(9-26)28-10-12;1-2/h3-4,7-8,10H,2,5-6H2,1H3,(H,27,31);1-2H3. The number of amides is 2. The fourth-order valence-electron chi connectivity index (χ4n) is 4.05. The second-order valence-electron chi connectivity index (χ2n) is 7.59. The van der Waals surface area contributed by atoms with Crippen LogP contribution in [-0.4, -0.2) is 34.5 Å². The van der Waals surface area contributed by atoms with Gasteiger partial charge in [0.15, 0.2) is 10.8 Å². The van der Waals surface area contributed by atoms with Gasteiger partial charge in [0.2, 0.25) is 0 Å². The number of nitrogens with one attached hydrogen (secondary N) is 1. The first kappa shape index (κ1) is 26.0. The van der Waals surface area contributed by atoms with Crippen LogP contribution in [0.2, 0.25) is 0 Å². The van der Waals surface area contributed by atoms with E-state index >= 15 is 0 Å². The zero-order valence-electron chi connectivity index (χ0n) is 19.0. The first-order chi connectivity index (χ1) is 16.5. The molecule has 35 heavy (non-hydrogen) atoms. The second-order valence-corrected chi connectivity index (χ2v) is 7.95. The number of nitrogens with zero attached hydrogens (tertiary/aromatic N) is 4. The Labute approximate surface area is 204 Å². The Morgan fingerprint density at radius 3 is 2.37 bits per heavy atom. The molecule has 1 saturated heterocycles. The van der Waals surface area contributed by atoms with Crippen LogP contribution >= 0.6 is 12.2 Å². The normalized spacial score (nSPS) is 16.4. The van der Waals surface area contributed by atoms with Crippen LogP contribution in [0.4, 0.5) is 28.9 Å². The van der Waals surface area contributed by atoms with E-state index in [0.29, 0.717) is 25.3 Å². The molecule has 184 valence electrons. The Balaban J connectivity index is 0.00000167. The lowest BCUT2D eigenvalue weighted by Crippen LogP contribution is -2.55. The highest BCUT2D eigenvalue weighted by molar-refractivity contribution is 7.81. The van der Waals surface area contributed by atoms with Crippen LogP contribution in [0.5, 0.6) is 0 Å². The van der Waals surface area contributed by atoms with Crippen molar-refractivity contribution in [2.24, 2.45) is 0 Å². The largest absolute Gasteiger partial charge is 0.419 e. The minimum absolute atomic E-state index is 0.147. The summed E-state index contributed by atoms with van der Waals surface area (Å²) < 4.78 is 54.9. The van der Waals surface area contributed by atoms with E-state index in [-0.39, 0.29) is 22.1 Å². The highest BCUT2D eigenvalue weighted by atomic mass is 32.1. The third-order valence-corrected chi connectivity index (χ3v) is 6.18. The van der Waals surface area contributed by atoms with Gasteiger partial charge in [0.05, 0.1) is 23.0 Å². The third kappa shape index (κ3) is 4.20. The van der Waals surface area contributed by atoms with Crippen LogP contribution in [0.1, 0.15) is 54.7 Å². The molecule has 2 amide bonds. The van der Waals surface area contributed by atoms with E-state index in [9.17, 15) is 27.2 Å². The van der Waals surface area contributed by atoms with Gasteiger partial charge >= 0.3 is 6.18 Å². The number of halogens is 4. The van der Waals surface area contributed by atoms with Crippen molar-refractivity contribution in [3.8, 4) is 6.07 Å². The zero-order valence-corrected chi connectivity index (χ0v) is 19.9. The number of aromatic nitrogens is 1. The van der Waals surface area contributed by atoms with Gasteiger partial charge in [-0.25, -0.2) is 9.37 Å². The smallest absolute Gasteiger partial charge is 0.355 e. The van der Waals surface area contributed by atoms with Gasteiger partial charge in [-0.15, -0.1) is 0 Å². The lowest BCUT2D eigenvalue weighted by Gasteiger charge is -2.43. The van der Waals surface area contributed by atoms with Gasteiger partial charge in [-0.05, 0) is 55.7 Å². The summed E-state index contributed by atoms with van der Waals surface area (Å²) in [6.45, 7) is 4.00. The van der Waals surface area contributed by atoms with E-state index < -0.39 is 40.6 Å². The van der Waals surface area contributed by atoms with Gasteiger partial charge in [0, 0.05) is 12.7 Å². The molecular weight excluding hydrogens is 486 g/mol. The summed E-state index contributed by atoms with van der Waals surface area (Å²) in [5.41, 5.74) is -3.55. The number of anilines is 2. The molecule has 1 aliphatic heterocycles. The topological polar surface area (TPSA) is 89.3 Å². The van der Waals surface area contributed by atoms with Gasteiger partial charge in [-0.2, -0.15) is 18.4 Å². The molecule has 1 spiro atoms. The van der Waals surface area contributed by atoms with Crippen molar-refractivity contribution >= 4 is 40.5 Å². The Bertz CT molecular complexity index is 1240. The number of benzene rings is 1. The number of pyridine rings is 1. The quantitative estimate of drug-likeness (QED) is 0.484. The maximum atomic E-state index is 14.6. The zero-order chi connectivity index (χ0) is 26.1. The van der Waals surface area contributed by atoms with E-state index in [1.165, 1.54) is 30.1 Å². The summed E-state index contributed by atoms with van der Waals surface area (Å²) in [5, 5.41) is 11.1. The van der Waals surface area contributed by atoms with Gasteiger partial charge in [0.1, 0.15) is 17.4 Å². The molecule has 0 unspecified atom stereocenters. The van der Waals surface area contributed by atoms with E-state index in [0.717, 1.165) is 17.2 Å². The van der Waals surface area contributed by atoms with Crippen molar-refractivity contribution in [3.05, 3.63) is 53.1 Å². The van der Waals surface area contributed by atoms with E-state index in [1.54, 1.807) is 0 Å². The molecule has 1 aromatic carbocycles. The molecule has 0 atom stereocenters. The predicted molar refractivity (Wildman–Crippen MR) is 124 cm³/mol. The first-order valence-corrected chi connectivity index (χ1v) is 11.1. The molecule has 1 aromatic heterocycles. The molecule has 4 rings (SSSR count). The van der Waals surface area contributed by atoms with Crippen molar-refractivity contribution in [1.82, 2.24) is 10.3 Å². The lowest BCUT2D eigenvalue weighted by atomic mass is 9.75. The van der Waals surface area contributed by atoms with Crippen molar-refractivity contribution in [3.63, 3.8) is 0 Å². The Kier molecular flexibility index (Phi) is 7.12. The van der Waals surface area contributed by atoms with Gasteiger partial charge < -0.3 is 10.2 Å². The van der Waals surface area contributed by atoms with Crippen molar-refractivity contribution in [2.75, 3.05) is 16.8 Å². The summed E-state index contributed by atoms with van der Waals surface area (Å²) in [7, 11) is 1.35. The highest BCUT2D eigenvalue weighted by Gasteiger charge is 2.59. The predicted octanol–water partition coefficient (Wildman–Crippen LogP) is 4.56. The van der Waals surface area contributed by atoms with Gasteiger partial charge in [-0.1, -0.05) is 13.8 Å². The number of thiocarbonyl (C=S) groups is 1. The first-order valence-electron chi connectivity index (χ1n) is 10.7. The minimum Gasteiger partial charge on any atom is -0.355 e. The molecule has 2 fully saturated rings.